The lowest BCUT2D eigenvalue weighted by molar-refractivity contribution is -0.138. The first-order valence-corrected chi connectivity index (χ1v) is 3.47. The summed E-state index contributed by atoms with van der Waals surface area (Å²) in [5.41, 5.74) is 5.23. The molecule has 6 heteroatoms. The Morgan fingerprint density at radius 2 is 2.45 bits per heavy atom. The molecular weight excluding hydrogens is 188 g/mol. The van der Waals surface area contributed by atoms with Crippen LogP contribution in [-0.2, 0) is 4.79 Å². The number of hydrogen-bond donors (Lipinski definition) is 2. The molecule has 0 radical (unpaired) electrons. The second kappa shape index (κ2) is 4.27. The maximum absolute atomic E-state index is 10.2. The van der Waals surface area contributed by atoms with Gasteiger partial charge in [0.05, 0.1) is 0 Å². The standard InChI is InChI=1S/C5H6N2O2S.ClH/c6-3(5(8)9)4-7-1-2-10-4;/h1-3H,6H2,(H,8,9);1H/t3-;/m0./s1. The third kappa shape index (κ3) is 2.45. The summed E-state index contributed by atoms with van der Waals surface area (Å²) in [4.78, 5) is 14.0. The van der Waals surface area contributed by atoms with Crippen molar-refractivity contribution in [3.8, 4) is 0 Å². The summed E-state index contributed by atoms with van der Waals surface area (Å²) in [5.74, 6) is -1.05. The van der Waals surface area contributed by atoms with Crippen LogP contribution in [0.4, 0.5) is 0 Å². The average Bonchev–Trinajstić information content (AvgIpc) is 2.36. The van der Waals surface area contributed by atoms with Gasteiger partial charge >= 0.3 is 5.97 Å². The third-order valence-corrected chi connectivity index (χ3v) is 1.84. The molecule has 0 saturated heterocycles. The number of aliphatic carboxylic acids is 1. The molecule has 1 atom stereocenters. The van der Waals surface area contributed by atoms with Crippen LogP contribution in [0.25, 0.3) is 0 Å². The molecule has 0 aliphatic heterocycles. The van der Waals surface area contributed by atoms with Gasteiger partial charge in [-0.1, -0.05) is 0 Å². The normalized spacial score (nSPS) is 11.7. The molecular formula is C5H7ClN2O2S. The van der Waals surface area contributed by atoms with Crippen LogP contribution >= 0.6 is 23.7 Å². The lowest BCUT2D eigenvalue weighted by Crippen LogP contribution is -2.20. The minimum absolute atomic E-state index is 0. The number of nitrogens with zero attached hydrogens (tertiary/aromatic N) is 1. The van der Waals surface area contributed by atoms with Gasteiger partial charge in [0.25, 0.3) is 0 Å². The van der Waals surface area contributed by atoms with Crippen LogP contribution in [0.15, 0.2) is 11.6 Å². The monoisotopic (exact) mass is 194 g/mol. The first-order valence-electron chi connectivity index (χ1n) is 2.59. The Labute approximate surface area is 73.5 Å². The largest absolute Gasteiger partial charge is 0.480 e. The summed E-state index contributed by atoms with van der Waals surface area (Å²) in [6, 6.07) is -0.972. The van der Waals surface area contributed by atoms with Crippen molar-refractivity contribution in [2.24, 2.45) is 5.73 Å². The van der Waals surface area contributed by atoms with Crippen molar-refractivity contribution < 1.29 is 9.90 Å². The number of hydrogen-bond acceptors (Lipinski definition) is 4. The fraction of sp³-hybridized carbons (Fsp3) is 0.200. The van der Waals surface area contributed by atoms with Crippen LogP contribution in [0, 0.1) is 0 Å². The first kappa shape index (κ1) is 10.3. The Hall–Kier alpha value is -0.650. The molecule has 0 aliphatic carbocycles. The van der Waals surface area contributed by atoms with Crippen molar-refractivity contribution in [2.45, 2.75) is 6.04 Å². The Bertz CT molecular complexity index is 226. The summed E-state index contributed by atoms with van der Waals surface area (Å²) in [5, 5.41) is 10.5. The van der Waals surface area contributed by atoms with E-state index in [-0.39, 0.29) is 12.4 Å². The molecule has 0 saturated carbocycles. The van der Waals surface area contributed by atoms with Gasteiger partial charge < -0.3 is 10.8 Å². The number of halogens is 1. The van der Waals surface area contributed by atoms with E-state index in [9.17, 15) is 4.79 Å². The van der Waals surface area contributed by atoms with Crippen LogP contribution in [0.1, 0.15) is 11.0 Å². The second-order valence-corrected chi connectivity index (χ2v) is 2.61. The summed E-state index contributed by atoms with van der Waals surface area (Å²) < 4.78 is 0. The first-order chi connectivity index (χ1) is 4.72. The predicted octanol–water partition coefficient (Wildman–Crippen LogP) is 0.649. The number of aromatic nitrogens is 1. The summed E-state index contributed by atoms with van der Waals surface area (Å²) in [7, 11) is 0. The van der Waals surface area contributed by atoms with E-state index in [0.717, 1.165) is 0 Å². The van der Waals surface area contributed by atoms with E-state index in [1.54, 1.807) is 5.38 Å². The number of carboxylic acids is 1. The van der Waals surface area contributed by atoms with Crippen molar-refractivity contribution in [1.29, 1.82) is 0 Å². The Balaban J connectivity index is 0.000001000. The lowest BCUT2D eigenvalue weighted by atomic mass is 10.3. The highest BCUT2D eigenvalue weighted by Crippen LogP contribution is 2.12. The molecule has 0 aliphatic rings. The maximum Gasteiger partial charge on any atom is 0.327 e. The average molecular weight is 195 g/mol. The van der Waals surface area contributed by atoms with E-state index in [2.05, 4.69) is 4.98 Å². The van der Waals surface area contributed by atoms with Gasteiger partial charge in [-0.3, -0.25) is 4.79 Å². The van der Waals surface area contributed by atoms with Gasteiger partial charge in [-0.05, 0) is 0 Å². The Kier molecular flexibility index (Phi) is 4.02. The van der Waals surface area contributed by atoms with Gasteiger partial charge in [0, 0.05) is 11.6 Å². The summed E-state index contributed by atoms with van der Waals surface area (Å²) in [6.45, 7) is 0. The molecule has 1 aromatic rings. The maximum atomic E-state index is 10.2. The van der Waals surface area contributed by atoms with E-state index >= 15 is 0 Å². The summed E-state index contributed by atoms with van der Waals surface area (Å²) in [6.07, 6.45) is 1.53. The SMILES string of the molecule is Cl.N[C@H](C(=O)O)c1nccs1. The van der Waals surface area contributed by atoms with E-state index in [1.807, 2.05) is 0 Å². The number of thiazole rings is 1. The number of carboxylic acid groups (broad SMARTS) is 1. The topological polar surface area (TPSA) is 76.2 Å². The van der Waals surface area contributed by atoms with Crippen molar-refractivity contribution in [1.82, 2.24) is 4.98 Å². The van der Waals surface area contributed by atoms with Gasteiger partial charge in [0.2, 0.25) is 0 Å². The molecule has 1 rings (SSSR count). The molecule has 0 fully saturated rings. The Morgan fingerprint density at radius 3 is 2.82 bits per heavy atom. The third-order valence-electron chi connectivity index (χ3n) is 0.984. The number of carbonyl (C=O) groups is 1. The fourth-order valence-electron chi connectivity index (χ4n) is 0.494. The van der Waals surface area contributed by atoms with Gasteiger partial charge in [-0.25, -0.2) is 4.98 Å². The van der Waals surface area contributed by atoms with Crippen LogP contribution < -0.4 is 5.73 Å². The number of nitrogens with two attached hydrogens (primary N) is 1. The van der Waals surface area contributed by atoms with E-state index in [4.69, 9.17) is 10.8 Å². The molecule has 11 heavy (non-hydrogen) atoms. The minimum Gasteiger partial charge on any atom is -0.480 e. The predicted molar refractivity (Wildman–Crippen MR) is 43.9 cm³/mol. The van der Waals surface area contributed by atoms with Gasteiger partial charge in [-0.15, -0.1) is 23.7 Å². The molecule has 0 bridgehead atoms. The van der Waals surface area contributed by atoms with E-state index in [0.29, 0.717) is 5.01 Å². The highest BCUT2D eigenvalue weighted by Gasteiger charge is 2.15. The zero-order valence-electron chi connectivity index (χ0n) is 5.43. The molecule has 1 heterocycles. The van der Waals surface area contributed by atoms with E-state index < -0.39 is 12.0 Å². The van der Waals surface area contributed by atoms with Crippen LogP contribution in [-0.4, -0.2) is 16.1 Å². The zero-order valence-corrected chi connectivity index (χ0v) is 7.06. The molecule has 4 nitrogen and oxygen atoms in total. The van der Waals surface area contributed by atoms with E-state index in [1.165, 1.54) is 17.5 Å². The van der Waals surface area contributed by atoms with Crippen molar-refractivity contribution in [3.05, 3.63) is 16.6 Å². The quantitative estimate of drug-likeness (QED) is 0.725. The molecule has 1 aromatic heterocycles. The highest BCUT2D eigenvalue weighted by molar-refractivity contribution is 7.09. The minimum atomic E-state index is -1.05. The number of rotatable bonds is 2. The second-order valence-electron chi connectivity index (χ2n) is 1.69. The van der Waals surface area contributed by atoms with Gasteiger partial charge in [0.1, 0.15) is 5.01 Å². The molecule has 0 unspecified atom stereocenters. The van der Waals surface area contributed by atoms with Crippen LogP contribution in [0.2, 0.25) is 0 Å². The van der Waals surface area contributed by atoms with Crippen LogP contribution in [0.3, 0.4) is 0 Å². The smallest absolute Gasteiger partial charge is 0.327 e. The summed E-state index contributed by atoms with van der Waals surface area (Å²) >= 11 is 1.24. The van der Waals surface area contributed by atoms with Crippen LogP contribution in [0.5, 0.6) is 0 Å². The molecule has 62 valence electrons. The van der Waals surface area contributed by atoms with Gasteiger partial charge in [-0.2, -0.15) is 0 Å². The van der Waals surface area contributed by atoms with Crippen molar-refractivity contribution >= 4 is 29.7 Å². The zero-order chi connectivity index (χ0) is 7.56. The molecule has 0 amide bonds. The molecule has 0 spiro atoms. The molecule has 3 N–H and O–H groups in total. The van der Waals surface area contributed by atoms with Crippen molar-refractivity contribution in [3.63, 3.8) is 0 Å². The van der Waals surface area contributed by atoms with Gasteiger partial charge in [0.15, 0.2) is 6.04 Å². The molecule has 0 aromatic carbocycles. The Morgan fingerprint density at radius 1 is 1.82 bits per heavy atom. The lowest BCUT2D eigenvalue weighted by Gasteiger charge is -1.98. The fourth-order valence-corrected chi connectivity index (χ4v) is 1.12. The van der Waals surface area contributed by atoms with Crippen molar-refractivity contribution in [2.75, 3.05) is 0 Å². The highest BCUT2D eigenvalue weighted by atomic mass is 35.5.